The highest BCUT2D eigenvalue weighted by molar-refractivity contribution is 7.99. The number of carbonyl (C=O) groups excluding carboxylic acids is 1. The topological polar surface area (TPSA) is 126 Å². The average Bonchev–Trinajstić information content (AvgIpc) is 3.10. The zero-order valence-electron chi connectivity index (χ0n) is 14.2. The van der Waals surface area contributed by atoms with Gasteiger partial charge in [-0.3, -0.25) is 19.5 Å². The largest absolute Gasteiger partial charge is 0.573 e. The number of nitrogens with one attached hydrogen (secondary N) is 2. The predicted molar refractivity (Wildman–Crippen MR) is 93.0 cm³/mol. The van der Waals surface area contributed by atoms with Crippen molar-refractivity contribution in [1.82, 2.24) is 19.9 Å². The van der Waals surface area contributed by atoms with Gasteiger partial charge < -0.3 is 15.2 Å². The molecule has 3 N–H and O–H groups in total. The number of nitrogens with zero attached hydrogens (tertiary/aromatic N) is 2. The Labute approximate surface area is 163 Å². The summed E-state index contributed by atoms with van der Waals surface area (Å²) >= 11 is 1.03. The quantitative estimate of drug-likeness (QED) is 0.547. The van der Waals surface area contributed by atoms with Crippen molar-refractivity contribution in [2.24, 2.45) is 0 Å². The van der Waals surface area contributed by atoms with E-state index in [2.05, 4.69) is 20.1 Å². The van der Waals surface area contributed by atoms with E-state index in [0.717, 1.165) is 30.0 Å². The molecule has 2 heterocycles. The van der Waals surface area contributed by atoms with Crippen molar-refractivity contribution >= 4 is 29.3 Å². The third kappa shape index (κ3) is 4.87. The molecule has 0 aliphatic rings. The number of aromatic nitrogens is 3. The second kappa shape index (κ2) is 7.87. The van der Waals surface area contributed by atoms with Crippen LogP contribution in [0.1, 0.15) is 10.4 Å². The van der Waals surface area contributed by atoms with Gasteiger partial charge in [0, 0.05) is 11.0 Å². The van der Waals surface area contributed by atoms with Crippen LogP contribution in [0, 0.1) is 0 Å². The van der Waals surface area contributed by atoms with E-state index in [0.29, 0.717) is 9.92 Å². The fraction of sp³-hybridized carbons (Fsp3) is 0.125. The molecule has 0 saturated heterocycles. The molecule has 2 aromatic heterocycles. The summed E-state index contributed by atoms with van der Waals surface area (Å²) in [5.41, 5.74) is -1.06. The first kappa shape index (κ1) is 20.3. The summed E-state index contributed by atoms with van der Waals surface area (Å²) < 4.78 is 41.8. The summed E-state index contributed by atoms with van der Waals surface area (Å²) in [5.74, 6) is -2.56. The van der Waals surface area contributed by atoms with Gasteiger partial charge in [0.25, 0.3) is 5.91 Å². The van der Waals surface area contributed by atoms with Gasteiger partial charge in [0.15, 0.2) is 11.1 Å². The minimum atomic E-state index is -4.80. The first-order valence-electron chi connectivity index (χ1n) is 7.77. The predicted octanol–water partition coefficient (Wildman–Crippen LogP) is 1.89. The molecule has 29 heavy (non-hydrogen) atoms. The van der Waals surface area contributed by atoms with Crippen molar-refractivity contribution in [3.63, 3.8) is 0 Å². The number of hydrogen-bond acceptors (Lipinski definition) is 6. The van der Waals surface area contributed by atoms with Gasteiger partial charge in [-0.1, -0.05) is 11.8 Å². The summed E-state index contributed by atoms with van der Waals surface area (Å²) in [6.07, 6.45) is -3.58. The van der Waals surface area contributed by atoms with Crippen LogP contribution in [0.4, 0.5) is 13.2 Å². The molecular weight excluding hydrogens is 417 g/mol. The van der Waals surface area contributed by atoms with E-state index >= 15 is 0 Å². The number of alkyl halides is 3. The van der Waals surface area contributed by atoms with E-state index in [1.807, 2.05) is 0 Å². The number of halogens is 3. The number of pyridine rings is 1. The highest BCUT2D eigenvalue weighted by atomic mass is 32.2. The molecule has 9 nitrogen and oxygen atoms in total. The third-order valence-electron chi connectivity index (χ3n) is 3.44. The molecule has 0 radical (unpaired) electrons. The zero-order chi connectivity index (χ0) is 21.2. The normalized spacial score (nSPS) is 11.4. The van der Waals surface area contributed by atoms with Crippen molar-refractivity contribution in [2.45, 2.75) is 16.3 Å². The number of aliphatic carboxylic acids is 1. The molecular formula is C16H11F3N4O5S. The molecule has 3 aromatic rings. The Balaban J connectivity index is 1.89. The second-order valence-electron chi connectivity index (χ2n) is 5.47. The number of carboxylic acids is 1. The third-order valence-corrected chi connectivity index (χ3v) is 4.45. The van der Waals surface area contributed by atoms with Crippen molar-refractivity contribution in [2.75, 3.05) is 6.54 Å². The molecule has 0 aliphatic carbocycles. The van der Waals surface area contributed by atoms with Crippen LogP contribution in [0.3, 0.4) is 0 Å². The summed E-state index contributed by atoms with van der Waals surface area (Å²) in [6, 6.07) is 6.11. The zero-order valence-corrected chi connectivity index (χ0v) is 15.0. The maximum Gasteiger partial charge on any atom is 0.573 e. The summed E-state index contributed by atoms with van der Waals surface area (Å²) in [6.45, 7) is -0.669. The summed E-state index contributed by atoms with van der Waals surface area (Å²) in [7, 11) is 0. The Morgan fingerprint density at radius 1 is 1.28 bits per heavy atom. The molecule has 0 spiro atoms. The van der Waals surface area contributed by atoms with Crippen LogP contribution < -0.4 is 15.5 Å². The number of amides is 1. The van der Waals surface area contributed by atoms with E-state index in [4.69, 9.17) is 5.11 Å². The Morgan fingerprint density at radius 2 is 1.97 bits per heavy atom. The van der Waals surface area contributed by atoms with Gasteiger partial charge in [-0.25, -0.2) is 9.50 Å². The Morgan fingerprint density at radius 3 is 2.59 bits per heavy atom. The number of H-pyrrole nitrogens is 1. The van der Waals surface area contributed by atoms with Gasteiger partial charge in [-0.05, 0) is 24.3 Å². The van der Waals surface area contributed by atoms with E-state index in [9.17, 15) is 27.6 Å². The van der Waals surface area contributed by atoms with Crippen LogP contribution in [-0.4, -0.2) is 44.5 Å². The molecule has 3 rings (SSSR count). The number of rotatable bonds is 6. The molecule has 0 saturated carbocycles. The SMILES string of the molecule is O=C(O)CNC(=O)c1c(=O)cc(Sc2ccc(OC(F)(F)F)cc2)n2[nH]cnc12. The maximum atomic E-state index is 12.4. The smallest absolute Gasteiger partial charge is 0.480 e. The highest BCUT2D eigenvalue weighted by Crippen LogP contribution is 2.30. The molecule has 0 unspecified atom stereocenters. The van der Waals surface area contributed by atoms with Crippen LogP contribution in [0.5, 0.6) is 5.75 Å². The molecule has 0 aliphatic heterocycles. The van der Waals surface area contributed by atoms with Crippen molar-refractivity contribution < 1.29 is 32.6 Å². The van der Waals surface area contributed by atoms with Crippen LogP contribution >= 0.6 is 11.8 Å². The Hall–Kier alpha value is -3.48. The fourth-order valence-corrected chi connectivity index (χ4v) is 3.24. The standard InChI is InChI=1S/C16H11F3N4O5S/c17-16(18,19)28-8-1-3-9(4-2-8)29-11-5-10(24)13(14-21-7-22-23(11)14)15(27)20-6-12(25)26/h1-5,7H,6H2,(H,20,27)(H,21,22)(H,25,26). The number of carbonyl (C=O) groups is 2. The lowest BCUT2D eigenvalue weighted by molar-refractivity contribution is -0.274. The lowest BCUT2D eigenvalue weighted by Gasteiger charge is -2.10. The van der Waals surface area contributed by atoms with Gasteiger partial charge >= 0.3 is 12.3 Å². The summed E-state index contributed by atoms with van der Waals surface area (Å²) in [4.78, 5) is 39.6. The number of hydrogen-bond donors (Lipinski definition) is 3. The van der Waals surface area contributed by atoms with Crippen LogP contribution in [-0.2, 0) is 4.79 Å². The number of fused-ring (bicyclic) bond motifs is 1. The molecule has 0 atom stereocenters. The lowest BCUT2D eigenvalue weighted by atomic mass is 10.2. The second-order valence-corrected chi connectivity index (χ2v) is 6.56. The first-order chi connectivity index (χ1) is 13.6. The number of carboxylic acid groups (broad SMARTS) is 1. The van der Waals surface area contributed by atoms with Gasteiger partial charge in [-0.2, -0.15) is 0 Å². The first-order valence-corrected chi connectivity index (χ1v) is 8.58. The van der Waals surface area contributed by atoms with Crippen LogP contribution in [0.15, 0.2) is 51.4 Å². The van der Waals surface area contributed by atoms with E-state index in [1.165, 1.54) is 23.0 Å². The minimum Gasteiger partial charge on any atom is -0.480 e. The molecule has 1 aromatic carbocycles. The van der Waals surface area contributed by atoms with E-state index in [-0.39, 0.29) is 11.2 Å². The monoisotopic (exact) mass is 428 g/mol. The van der Waals surface area contributed by atoms with E-state index < -0.39 is 36.0 Å². The van der Waals surface area contributed by atoms with E-state index in [1.54, 1.807) is 0 Å². The Kier molecular flexibility index (Phi) is 5.50. The lowest BCUT2D eigenvalue weighted by Crippen LogP contribution is -2.33. The molecule has 152 valence electrons. The average molecular weight is 428 g/mol. The summed E-state index contributed by atoms with van der Waals surface area (Å²) in [5, 5.41) is 13.8. The highest BCUT2D eigenvalue weighted by Gasteiger charge is 2.31. The van der Waals surface area contributed by atoms with Crippen molar-refractivity contribution in [1.29, 1.82) is 0 Å². The number of aromatic amines is 1. The van der Waals surface area contributed by atoms with Gasteiger partial charge in [-0.15, -0.1) is 13.2 Å². The van der Waals surface area contributed by atoms with Gasteiger partial charge in [0.05, 0.1) is 0 Å². The van der Waals surface area contributed by atoms with Gasteiger partial charge in [0.1, 0.15) is 29.2 Å². The number of ether oxygens (including phenoxy) is 1. The minimum absolute atomic E-state index is 0.0279. The number of benzene rings is 1. The molecule has 0 bridgehead atoms. The fourth-order valence-electron chi connectivity index (χ4n) is 2.33. The van der Waals surface area contributed by atoms with Crippen molar-refractivity contribution in [3.05, 3.63) is 52.4 Å². The van der Waals surface area contributed by atoms with Crippen LogP contribution in [0.2, 0.25) is 0 Å². The molecule has 0 fully saturated rings. The maximum absolute atomic E-state index is 12.4. The van der Waals surface area contributed by atoms with Gasteiger partial charge in [0.2, 0.25) is 0 Å². The molecule has 13 heteroatoms. The molecule has 1 amide bonds. The Bertz CT molecular complexity index is 1120. The van der Waals surface area contributed by atoms with Crippen molar-refractivity contribution in [3.8, 4) is 5.75 Å². The van der Waals surface area contributed by atoms with Crippen LogP contribution in [0.25, 0.3) is 5.65 Å².